The van der Waals surface area contributed by atoms with E-state index in [-0.39, 0.29) is 11.3 Å². The van der Waals surface area contributed by atoms with Gasteiger partial charge in [-0.25, -0.2) is 0 Å². The molecule has 9 heteroatoms. The van der Waals surface area contributed by atoms with Gasteiger partial charge in [-0.1, -0.05) is 41.4 Å². The van der Waals surface area contributed by atoms with E-state index in [2.05, 4.69) is 0 Å². The minimum Gasteiger partial charge on any atom is -0.633 e. The molecule has 2 aromatic carbocycles. The van der Waals surface area contributed by atoms with Gasteiger partial charge in [0, 0.05) is 11.0 Å². The number of halogens is 2. The van der Waals surface area contributed by atoms with Crippen LogP contribution in [0.2, 0.25) is 10.0 Å². The number of rotatable bonds is 9. The summed E-state index contributed by atoms with van der Waals surface area (Å²) in [7, 11) is -1.90. The van der Waals surface area contributed by atoms with E-state index >= 15 is 0 Å². The summed E-state index contributed by atoms with van der Waals surface area (Å²) in [6.45, 7) is 1.29. The van der Waals surface area contributed by atoms with Crippen LogP contribution in [0.15, 0.2) is 42.5 Å². The van der Waals surface area contributed by atoms with Crippen molar-refractivity contribution in [3.05, 3.63) is 68.8 Å². The minimum atomic E-state index is -3.51. The van der Waals surface area contributed by atoms with Crippen molar-refractivity contribution >= 4 is 33.3 Å². The quantitative estimate of drug-likeness (QED) is 0.201. The van der Waals surface area contributed by atoms with Gasteiger partial charge >= 0.3 is 0 Å². The van der Waals surface area contributed by atoms with E-state index in [9.17, 15) is 13.6 Å². The highest BCUT2D eigenvalue weighted by Crippen LogP contribution is 2.43. The second-order valence-corrected chi connectivity index (χ2v) is 11.1. The SMILES string of the molecule is COc1cccc(C[N+]2([O-])CCCC(CCCOS(C)(=O)=O)(c3ccc(Cl)c(Cl)c3)C2)c1. The van der Waals surface area contributed by atoms with Gasteiger partial charge in [-0.05, 0) is 55.5 Å². The smallest absolute Gasteiger partial charge is 0.264 e. The van der Waals surface area contributed by atoms with Gasteiger partial charge in [-0.2, -0.15) is 8.42 Å². The zero-order valence-electron chi connectivity index (χ0n) is 18.4. The van der Waals surface area contributed by atoms with Crippen molar-refractivity contribution in [2.75, 3.05) is 33.1 Å². The summed E-state index contributed by atoms with van der Waals surface area (Å²) in [6, 6.07) is 13.1. The van der Waals surface area contributed by atoms with Crippen LogP contribution in [0.3, 0.4) is 0 Å². The van der Waals surface area contributed by atoms with E-state index in [1.807, 2.05) is 36.4 Å². The highest BCUT2D eigenvalue weighted by Gasteiger charge is 2.42. The first-order valence-corrected chi connectivity index (χ1v) is 13.1. The molecule has 2 aromatic rings. The monoisotopic (exact) mass is 501 g/mol. The fourth-order valence-corrected chi connectivity index (χ4v) is 5.40. The molecule has 3 rings (SSSR count). The van der Waals surface area contributed by atoms with Gasteiger partial charge in [-0.3, -0.25) is 4.18 Å². The Labute approximate surface area is 200 Å². The first-order chi connectivity index (χ1) is 15.0. The van der Waals surface area contributed by atoms with E-state index in [4.69, 9.17) is 32.1 Å². The number of methoxy groups -OCH3 is 1. The first-order valence-electron chi connectivity index (χ1n) is 10.5. The molecule has 1 fully saturated rings. The van der Waals surface area contributed by atoms with Crippen molar-refractivity contribution in [3.63, 3.8) is 0 Å². The highest BCUT2D eigenvalue weighted by atomic mass is 35.5. The molecule has 0 aliphatic carbocycles. The van der Waals surface area contributed by atoms with Gasteiger partial charge in [0.2, 0.25) is 0 Å². The molecule has 6 nitrogen and oxygen atoms in total. The molecule has 0 saturated carbocycles. The van der Waals surface area contributed by atoms with Crippen molar-refractivity contribution in [3.8, 4) is 5.75 Å². The number of hydroxylamine groups is 3. The molecule has 0 amide bonds. The van der Waals surface area contributed by atoms with E-state index < -0.39 is 15.5 Å². The molecule has 0 bridgehead atoms. The molecule has 1 aliphatic rings. The Balaban J connectivity index is 1.87. The summed E-state index contributed by atoms with van der Waals surface area (Å²) in [5, 5.41) is 14.8. The second-order valence-electron chi connectivity index (χ2n) is 8.59. The number of likely N-dealkylation sites (tertiary alicyclic amines) is 1. The van der Waals surface area contributed by atoms with Crippen LogP contribution < -0.4 is 4.74 Å². The zero-order chi connectivity index (χ0) is 23.4. The maximum atomic E-state index is 13.9. The van der Waals surface area contributed by atoms with Crippen LogP contribution >= 0.6 is 23.2 Å². The van der Waals surface area contributed by atoms with Crippen molar-refractivity contribution in [2.24, 2.45) is 0 Å². The van der Waals surface area contributed by atoms with Crippen LogP contribution in [0.4, 0.5) is 0 Å². The summed E-state index contributed by atoms with van der Waals surface area (Å²) in [4.78, 5) is 0. The average Bonchev–Trinajstić information content (AvgIpc) is 2.72. The van der Waals surface area contributed by atoms with Crippen LogP contribution in [0, 0.1) is 5.21 Å². The maximum absolute atomic E-state index is 13.9. The fourth-order valence-electron chi connectivity index (χ4n) is 4.68. The first kappa shape index (κ1) is 25.3. The predicted molar refractivity (Wildman–Crippen MR) is 127 cm³/mol. The van der Waals surface area contributed by atoms with E-state index in [1.165, 1.54) is 0 Å². The molecule has 2 unspecified atom stereocenters. The van der Waals surface area contributed by atoms with E-state index in [0.29, 0.717) is 42.5 Å². The molecule has 0 spiro atoms. The molecule has 1 aliphatic heterocycles. The number of piperidine rings is 1. The van der Waals surface area contributed by atoms with Crippen LogP contribution in [0.5, 0.6) is 5.75 Å². The Kier molecular flexibility index (Phi) is 8.12. The third-order valence-electron chi connectivity index (χ3n) is 6.05. The van der Waals surface area contributed by atoms with Crippen LogP contribution in [0.25, 0.3) is 0 Å². The lowest BCUT2D eigenvalue weighted by atomic mass is 9.70. The third-order valence-corrected chi connectivity index (χ3v) is 7.38. The Morgan fingerprint density at radius 2 is 1.94 bits per heavy atom. The number of hydrogen-bond acceptors (Lipinski definition) is 5. The molecule has 0 aromatic heterocycles. The van der Waals surface area contributed by atoms with Gasteiger partial charge in [0.1, 0.15) is 12.3 Å². The largest absolute Gasteiger partial charge is 0.633 e. The van der Waals surface area contributed by atoms with Crippen molar-refractivity contribution in [1.29, 1.82) is 0 Å². The fraction of sp³-hybridized carbons (Fsp3) is 0.478. The van der Waals surface area contributed by atoms with Crippen LogP contribution in [-0.2, 0) is 26.3 Å². The van der Waals surface area contributed by atoms with Gasteiger partial charge in [-0.15, -0.1) is 0 Å². The molecular weight excluding hydrogens is 473 g/mol. The van der Waals surface area contributed by atoms with Crippen LogP contribution in [-0.4, -0.2) is 46.1 Å². The molecule has 1 heterocycles. The Bertz CT molecular complexity index is 1050. The van der Waals surface area contributed by atoms with E-state index in [0.717, 1.165) is 36.0 Å². The minimum absolute atomic E-state index is 0.0800. The summed E-state index contributed by atoms with van der Waals surface area (Å²) in [5.74, 6) is 0.722. The molecule has 1 saturated heterocycles. The average molecular weight is 502 g/mol. The number of benzene rings is 2. The third kappa shape index (κ3) is 6.59. The summed E-state index contributed by atoms with van der Waals surface area (Å²) < 4.78 is 32.6. The molecular formula is C23H29Cl2NO5S. The summed E-state index contributed by atoms with van der Waals surface area (Å²) >= 11 is 12.5. The number of ether oxygens (including phenoxy) is 1. The predicted octanol–water partition coefficient (Wildman–Crippen LogP) is 5.30. The number of quaternary nitrogens is 1. The van der Waals surface area contributed by atoms with Gasteiger partial charge in [0.05, 0.1) is 43.1 Å². The van der Waals surface area contributed by atoms with Gasteiger partial charge in [0.25, 0.3) is 10.1 Å². The second kappa shape index (κ2) is 10.3. The number of hydrogen-bond donors (Lipinski definition) is 0. The standard InChI is InChI=1S/C23H29Cl2NO5S/c1-30-20-7-3-6-18(14-20)16-26(27)12-4-10-23(17-26,11-5-13-31-32(2,28)29)19-8-9-21(24)22(25)15-19/h3,6-9,14-15H,4-5,10-13,16-17H2,1-2H3. The zero-order valence-corrected chi connectivity index (χ0v) is 20.7. The van der Waals surface area contributed by atoms with Crippen molar-refractivity contribution in [1.82, 2.24) is 0 Å². The lowest BCUT2D eigenvalue weighted by molar-refractivity contribution is -0.903. The van der Waals surface area contributed by atoms with E-state index in [1.54, 1.807) is 13.2 Å². The lowest BCUT2D eigenvalue weighted by Gasteiger charge is -2.53. The maximum Gasteiger partial charge on any atom is 0.264 e. The molecule has 176 valence electrons. The Morgan fingerprint density at radius 1 is 1.16 bits per heavy atom. The molecule has 0 radical (unpaired) electrons. The highest BCUT2D eigenvalue weighted by molar-refractivity contribution is 7.85. The van der Waals surface area contributed by atoms with Crippen LogP contribution in [0.1, 0.15) is 36.8 Å². The topological polar surface area (TPSA) is 75.7 Å². The molecule has 2 atom stereocenters. The number of nitrogens with zero attached hydrogens (tertiary/aromatic N) is 1. The summed E-state index contributed by atoms with van der Waals surface area (Å²) in [5.41, 5.74) is 1.42. The Morgan fingerprint density at radius 3 is 2.62 bits per heavy atom. The Hall–Kier alpha value is -1.35. The summed E-state index contributed by atoms with van der Waals surface area (Å²) in [6.07, 6.45) is 3.72. The van der Waals surface area contributed by atoms with Gasteiger partial charge < -0.3 is 14.6 Å². The van der Waals surface area contributed by atoms with Crippen molar-refractivity contribution in [2.45, 2.75) is 37.6 Å². The molecule has 0 N–H and O–H groups in total. The normalized spacial score (nSPS) is 23.8. The van der Waals surface area contributed by atoms with Crippen molar-refractivity contribution < 1.29 is 22.0 Å². The lowest BCUT2D eigenvalue weighted by Crippen LogP contribution is -2.55. The molecule has 32 heavy (non-hydrogen) atoms. The van der Waals surface area contributed by atoms with Gasteiger partial charge in [0.15, 0.2) is 0 Å².